The van der Waals surface area contributed by atoms with Crippen molar-refractivity contribution in [1.82, 2.24) is 10.3 Å². The number of thiazole rings is 1. The van der Waals surface area contributed by atoms with E-state index in [1.165, 1.54) is 11.3 Å². The third-order valence-electron chi connectivity index (χ3n) is 3.30. The Kier molecular flexibility index (Phi) is 5.33. The van der Waals surface area contributed by atoms with Crippen molar-refractivity contribution in [3.63, 3.8) is 0 Å². The monoisotopic (exact) mass is 333 g/mol. The number of rotatable bonds is 6. The molecule has 122 valence electrons. The lowest BCUT2D eigenvalue weighted by atomic mass is 10.0. The fourth-order valence-corrected chi connectivity index (χ4v) is 2.87. The van der Waals surface area contributed by atoms with Crippen LogP contribution in [-0.2, 0) is 16.0 Å². The van der Waals surface area contributed by atoms with Crippen LogP contribution in [0.2, 0.25) is 0 Å². The molecule has 0 aliphatic heterocycles. The summed E-state index contributed by atoms with van der Waals surface area (Å²) in [5.41, 5.74) is 7.88. The molecule has 0 radical (unpaired) electrons. The molecule has 0 fully saturated rings. The lowest BCUT2D eigenvalue weighted by molar-refractivity contribution is -0.143. The molecule has 1 aromatic carbocycles. The summed E-state index contributed by atoms with van der Waals surface area (Å²) in [5.74, 6) is -1.56. The van der Waals surface area contributed by atoms with E-state index in [0.717, 1.165) is 10.6 Å². The second kappa shape index (κ2) is 7.23. The molecule has 1 unspecified atom stereocenters. The SMILES string of the molecule is CC(C)C(NC(=O)Cc1csc(-c2ccc(N)cc2)n1)C(=O)O. The van der Waals surface area contributed by atoms with Gasteiger partial charge in [-0.25, -0.2) is 9.78 Å². The quantitative estimate of drug-likeness (QED) is 0.703. The number of carboxylic acids is 1. The number of anilines is 1. The van der Waals surface area contributed by atoms with Gasteiger partial charge in [0.15, 0.2) is 0 Å². The topological polar surface area (TPSA) is 105 Å². The molecule has 0 spiro atoms. The van der Waals surface area contributed by atoms with Crippen LogP contribution in [0, 0.1) is 5.92 Å². The summed E-state index contributed by atoms with van der Waals surface area (Å²) in [6, 6.07) is 6.44. The molecule has 2 rings (SSSR count). The standard InChI is InChI=1S/C16H19N3O3S/c1-9(2)14(16(21)22)19-13(20)7-12-8-23-15(18-12)10-3-5-11(17)6-4-10/h3-6,8-9,14H,7,17H2,1-2H3,(H,19,20)(H,21,22). The molecule has 0 aliphatic rings. The number of carbonyl (C=O) groups is 2. The highest BCUT2D eigenvalue weighted by Gasteiger charge is 2.23. The molecule has 1 atom stereocenters. The summed E-state index contributed by atoms with van der Waals surface area (Å²) in [7, 11) is 0. The molecular weight excluding hydrogens is 314 g/mol. The molecule has 7 heteroatoms. The summed E-state index contributed by atoms with van der Waals surface area (Å²) in [6.45, 7) is 3.50. The molecule has 1 heterocycles. The van der Waals surface area contributed by atoms with Crippen molar-refractivity contribution in [1.29, 1.82) is 0 Å². The van der Waals surface area contributed by atoms with Gasteiger partial charge >= 0.3 is 5.97 Å². The number of carboxylic acid groups (broad SMARTS) is 1. The van der Waals surface area contributed by atoms with Crippen LogP contribution in [0.1, 0.15) is 19.5 Å². The van der Waals surface area contributed by atoms with Crippen molar-refractivity contribution < 1.29 is 14.7 Å². The lowest BCUT2D eigenvalue weighted by Crippen LogP contribution is -2.44. The van der Waals surface area contributed by atoms with Gasteiger partial charge in [-0.15, -0.1) is 11.3 Å². The Balaban J connectivity index is 2.02. The van der Waals surface area contributed by atoms with Crippen LogP contribution >= 0.6 is 11.3 Å². The maximum absolute atomic E-state index is 12.0. The molecule has 1 aromatic heterocycles. The molecule has 2 aromatic rings. The molecule has 4 N–H and O–H groups in total. The van der Waals surface area contributed by atoms with E-state index in [4.69, 9.17) is 10.8 Å². The lowest BCUT2D eigenvalue weighted by Gasteiger charge is -2.17. The number of nitrogens with one attached hydrogen (secondary N) is 1. The zero-order valence-electron chi connectivity index (χ0n) is 12.9. The minimum Gasteiger partial charge on any atom is -0.480 e. The Morgan fingerprint density at radius 3 is 2.52 bits per heavy atom. The van der Waals surface area contributed by atoms with Crippen LogP contribution in [0.4, 0.5) is 5.69 Å². The van der Waals surface area contributed by atoms with Crippen molar-refractivity contribution in [2.45, 2.75) is 26.3 Å². The number of nitrogens with zero attached hydrogens (tertiary/aromatic N) is 1. The maximum atomic E-state index is 12.0. The van der Waals surface area contributed by atoms with E-state index < -0.39 is 12.0 Å². The van der Waals surface area contributed by atoms with Crippen molar-refractivity contribution in [2.24, 2.45) is 5.92 Å². The Bertz CT molecular complexity index is 695. The fourth-order valence-electron chi connectivity index (χ4n) is 2.05. The normalized spacial score (nSPS) is 12.1. The van der Waals surface area contributed by atoms with Gasteiger partial charge in [0, 0.05) is 16.6 Å². The first-order valence-corrected chi connectivity index (χ1v) is 8.07. The molecule has 0 bridgehead atoms. The highest BCUT2D eigenvalue weighted by Crippen LogP contribution is 2.24. The first kappa shape index (κ1) is 17.0. The van der Waals surface area contributed by atoms with Crippen molar-refractivity contribution in [3.8, 4) is 10.6 Å². The Morgan fingerprint density at radius 2 is 1.96 bits per heavy atom. The number of amides is 1. The molecule has 6 nitrogen and oxygen atoms in total. The van der Waals surface area contributed by atoms with Gasteiger partial charge in [-0.2, -0.15) is 0 Å². The third kappa shape index (κ3) is 4.53. The first-order chi connectivity index (χ1) is 10.9. The average Bonchev–Trinajstić information content (AvgIpc) is 2.93. The number of hydrogen-bond acceptors (Lipinski definition) is 5. The molecular formula is C16H19N3O3S. The highest BCUT2D eigenvalue weighted by atomic mass is 32.1. The predicted octanol–water partition coefficient (Wildman–Crippen LogP) is 2.16. The van der Waals surface area contributed by atoms with Crippen molar-refractivity contribution in [2.75, 3.05) is 5.73 Å². The summed E-state index contributed by atoms with van der Waals surface area (Å²) in [6.07, 6.45) is 0.0575. The summed E-state index contributed by atoms with van der Waals surface area (Å²) in [4.78, 5) is 27.5. The Morgan fingerprint density at radius 1 is 1.30 bits per heavy atom. The van der Waals surface area contributed by atoms with Crippen LogP contribution < -0.4 is 11.1 Å². The van der Waals surface area contributed by atoms with Crippen molar-refractivity contribution in [3.05, 3.63) is 35.3 Å². The van der Waals surface area contributed by atoms with E-state index in [1.807, 2.05) is 12.1 Å². The van der Waals surface area contributed by atoms with Crippen LogP contribution in [-0.4, -0.2) is 28.0 Å². The molecule has 0 saturated carbocycles. The van der Waals surface area contributed by atoms with E-state index in [-0.39, 0.29) is 18.2 Å². The summed E-state index contributed by atoms with van der Waals surface area (Å²) < 4.78 is 0. The van der Waals surface area contributed by atoms with Crippen molar-refractivity contribution >= 4 is 28.9 Å². The smallest absolute Gasteiger partial charge is 0.326 e. The first-order valence-electron chi connectivity index (χ1n) is 7.19. The number of aromatic nitrogens is 1. The van der Waals surface area contributed by atoms with Gasteiger partial charge in [0.25, 0.3) is 0 Å². The van der Waals surface area contributed by atoms with Crippen LogP contribution in [0.15, 0.2) is 29.6 Å². The van der Waals surface area contributed by atoms with Gasteiger partial charge in [-0.1, -0.05) is 13.8 Å². The zero-order valence-corrected chi connectivity index (χ0v) is 13.8. The molecule has 23 heavy (non-hydrogen) atoms. The van der Waals surface area contributed by atoms with Gasteiger partial charge in [0.2, 0.25) is 5.91 Å². The number of nitrogens with two attached hydrogens (primary N) is 1. The maximum Gasteiger partial charge on any atom is 0.326 e. The van der Waals surface area contributed by atoms with E-state index in [0.29, 0.717) is 11.4 Å². The van der Waals surface area contributed by atoms with Crippen LogP contribution in [0.3, 0.4) is 0 Å². The van der Waals surface area contributed by atoms with Gasteiger partial charge < -0.3 is 16.2 Å². The average molecular weight is 333 g/mol. The summed E-state index contributed by atoms with van der Waals surface area (Å²) >= 11 is 1.43. The predicted molar refractivity (Wildman–Crippen MR) is 90.1 cm³/mol. The van der Waals surface area contributed by atoms with Gasteiger partial charge in [-0.05, 0) is 30.2 Å². The largest absolute Gasteiger partial charge is 0.480 e. The Hall–Kier alpha value is -2.41. The second-order valence-corrected chi connectivity index (χ2v) is 6.43. The minimum absolute atomic E-state index is 0.0575. The highest BCUT2D eigenvalue weighted by molar-refractivity contribution is 7.13. The Labute approximate surface area is 138 Å². The summed E-state index contributed by atoms with van der Waals surface area (Å²) in [5, 5.41) is 14.2. The van der Waals surface area contributed by atoms with E-state index in [1.54, 1.807) is 31.4 Å². The number of benzene rings is 1. The van der Waals surface area contributed by atoms with Gasteiger partial charge in [-0.3, -0.25) is 4.79 Å². The minimum atomic E-state index is -1.03. The molecule has 0 aliphatic carbocycles. The van der Waals surface area contributed by atoms with Gasteiger partial charge in [0.05, 0.1) is 12.1 Å². The second-order valence-electron chi connectivity index (χ2n) is 5.57. The van der Waals surface area contributed by atoms with Crippen LogP contribution in [0.25, 0.3) is 10.6 Å². The van der Waals surface area contributed by atoms with Crippen LogP contribution in [0.5, 0.6) is 0 Å². The van der Waals surface area contributed by atoms with E-state index >= 15 is 0 Å². The number of aliphatic carboxylic acids is 1. The van der Waals surface area contributed by atoms with E-state index in [2.05, 4.69) is 10.3 Å². The zero-order chi connectivity index (χ0) is 17.0. The van der Waals surface area contributed by atoms with Gasteiger partial charge in [0.1, 0.15) is 11.0 Å². The molecule has 0 saturated heterocycles. The number of hydrogen-bond donors (Lipinski definition) is 3. The van der Waals surface area contributed by atoms with E-state index in [9.17, 15) is 9.59 Å². The molecule has 1 amide bonds. The third-order valence-corrected chi connectivity index (χ3v) is 4.24. The fraction of sp³-hybridized carbons (Fsp3) is 0.312. The number of nitrogen functional groups attached to an aromatic ring is 1. The number of carbonyl (C=O) groups excluding carboxylic acids is 1.